The molecular formula is C21H27FN4O. The molecule has 2 aromatic rings. The molecule has 5 nitrogen and oxygen atoms in total. The predicted octanol–water partition coefficient (Wildman–Crippen LogP) is 3.61. The van der Waals surface area contributed by atoms with Gasteiger partial charge in [0.05, 0.1) is 12.1 Å². The van der Waals surface area contributed by atoms with E-state index in [4.69, 9.17) is 0 Å². The lowest BCUT2D eigenvalue weighted by atomic mass is 9.91. The molecule has 2 unspecified atom stereocenters. The van der Waals surface area contributed by atoms with E-state index in [1.54, 1.807) is 18.2 Å². The number of hydrogen-bond donors (Lipinski definition) is 2. The molecule has 2 heterocycles. The zero-order valence-corrected chi connectivity index (χ0v) is 15.5. The number of aromatic nitrogens is 2. The number of amides is 1. The minimum atomic E-state index is -0.255. The van der Waals surface area contributed by atoms with Gasteiger partial charge in [0.2, 0.25) is 0 Å². The van der Waals surface area contributed by atoms with E-state index in [0.717, 1.165) is 44.3 Å². The van der Waals surface area contributed by atoms with Crippen LogP contribution in [0.1, 0.15) is 66.7 Å². The Hall–Kier alpha value is -2.21. The SMILES string of the molecule is O=C(NC(c1ccc(F)cc1)C1CCCC1)c1ccn(C2CCCNC2)n1. The first-order chi connectivity index (χ1) is 13.2. The molecule has 1 aliphatic heterocycles. The maximum absolute atomic E-state index is 13.3. The molecule has 1 saturated heterocycles. The summed E-state index contributed by atoms with van der Waals surface area (Å²) in [6.07, 6.45) is 8.64. The zero-order chi connectivity index (χ0) is 18.6. The highest BCUT2D eigenvalue weighted by atomic mass is 19.1. The second kappa shape index (κ2) is 8.21. The van der Waals surface area contributed by atoms with Crippen LogP contribution in [0, 0.1) is 11.7 Å². The Balaban J connectivity index is 1.49. The van der Waals surface area contributed by atoms with Crippen LogP contribution in [0.3, 0.4) is 0 Å². The lowest BCUT2D eigenvalue weighted by Crippen LogP contribution is -2.34. The molecule has 1 saturated carbocycles. The van der Waals surface area contributed by atoms with Gasteiger partial charge in [-0.25, -0.2) is 4.39 Å². The third kappa shape index (κ3) is 4.21. The van der Waals surface area contributed by atoms with E-state index in [2.05, 4.69) is 15.7 Å². The van der Waals surface area contributed by atoms with E-state index in [1.165, 1.54) is 25.0 Å². The van der Waals surface area contributed by atoms with Crippen LogP contribution in [0.15, 0.2) is 36.5 Å². The lowest BCUT2D eigenvalue weighted by molar-refractivity contribution is 0.0915. The topological polar surface area (TPSA) is 59.0 Å². The standard InChI is InChI=1S/C21H27FN4O/c22-17-9-7-16(8-10-17)20(15-4-1-2-5-15)24-21(27)19-11-13-26(25-19)18-6-3-12-23-14-18/h7-11,13,15,18,20,23H,1-6,12,14H2,(H,24,27). The first-order valence-corrected chi connectivity index (χ1v) is 10.0. The van der Waals surface area contributed by atoms with Crippen LogP contribution in [0.25, 0.3) is 0 Å². The fraction of sp³-hybridized carbons (Fsp3) is 0.524. The van der Waals surface area contributed by atoms with Crippen LogP contribution in [0.4, 0.5) is 4.39 Å². The van der Waals surface area contributed by atoms with Crippen LogP contribution in [-0.2, 0) is 0 Å². The molecule has 144 valence electrons. The third-order valence-electron chi connectivity index (χ3n) is 5.87. The highest BCUT2D eigenvalue weighted by Gasteiger charge is 2.29. The van der Waals surface area contributed by atoms with Crippen LogP contribution >= 0.6 is 0 Å². The molecule has 0 spiro atoms. The summed E-state index contributed by atoms with van der Waals surface area (Å²) in [5, 5.41) is 11.1. The summed E-state index contributed by atoms with van der Waals surface area (Å²) in [6, 6.07) is 8.50. The average Bonchev–Trinajstić information content (AvgIpc) is 3.40. The number of benzene rings is 1. The summed E-state index contributed by atoms with van der Waals surface area (Å²) in [4.78, 5) is 12.9. The summed E-state index contributed by atoms with van der Waals surface area (Å²) in [7, 11) is 0. The molecule has 0 bridgehead atoms. The molecule has 2 N–H and O–H groups in total. The molecule has 0 radical (unpaired) electrons. The number of halogens is 1. The molecule has 2 fully saturated rings. The molecule has 1 aliphatic carbocycles. The van der Waals surface area contributed by atoms with Crippen LogP contribution in [0.5, 0.6) is 0 Å². The Morgan fingerprint density at radius 1 is 1.15 bits per heavy atom. The Kier molecular flexibility index (Phi) is 5.53. The number of nitrogens with zero attached hydrogens (tertiary/aromatic N) is 2. The van der Waals surface area contributed by atoms with E-state index < -0.39 is 0 Å². The predicted molar refractivity (Wildman–Crippen MR) is 102 cm³/mol. The van der Waals surface area contributed by atoms with Gasteiger partial charge in [-0.1, -0.05) is 25.0 Å². The minimum absolute atomic E-state index is 0.0953. The molecule has 2 atom stereocenters. The summed E-state index contributed by atoms with van der Waals surface area (Å²) in [5.74, 6) is -0.0159. The molecule has 1 aromatic carbocycles. The number of rotatable bonds is 5. The first kappa shape index (κ1) is 18.2. The second-order valence-corrected chi connectivity index (χ2v) is 7.73. The quantitative estimate of drug-likeness (QED) is 0.845. The average molecular weight is 370 g/mol. The van der Waals surface area contributed by atoms with Crippen LogP contribution in [-0.4, -0.2) is 28.8 Å². The number of piperidine rings is 1. The van der Waals surface area contributed by atoms with Gasteiger partial charge in [0.25, 0.3) is 5.91 Å². The van der Waals surface area contributed by atoms with Crippen LogP contribution < -0.4 is 10.6 Å². The number of carbonyl (C=O) groups excluding carboxylic acids is 1. The van der Waals surface area contributed by atoms with E-state index in [-0.39, 0.29) is 17.8 Å². The van der Waals surface area contributed by atoms with E-state index >= 15 is 0 Å². The number of hydrogen-bond acceptors (Lipinski definition) is 3. The van der Waals surface area contributed by atoms with Crippen molar-refractivity contribution in [2.75, 3.05) is 13.1 Å². The van der Waals surface area contributed by atoms with Gasteiger partial charge in [0.15, 0.2) is 0 Å². The Bertz CT molecular complexity index is 761. The maximum atomic E-state index is 13.3. The van der Waals surface area contributed by atoms with Crippen molar-refractivity contribution in [1.82, 2.24) is 20.4 Å². The summed E-state index contributed by atoms with van der Waals surface area (Å²) >= 11 is 0. The molecule has 1 aromatic heterocycles. The first-order valence-electron chi connectivity index (χ1n) is 10.0. The van der Waals surface area contributed by atoms with Gasteiger partial charge >= 0.3 is 0 Å². The minimum Gasteiger partial charge on any atom is -0.344 e. The largest absolute Gasteiger partial charge is 0.344 e. The fourth-order valence-electron chi connectivity index (χ4n) is 4.37. The van der Waals surface area contributed by atoms with Crippen molar-refractivity contribution in [2.45, 2.75) is 50.6 Å². The number of carbonyl (C=O) groups is 1. The van der Waals surface area contributed by atoms with E-state index in [1.807, 2.05) is 10.9 Å². The fourth-order valence-corrected chi connectivity index (χ4v) is 4.37. The van der Waals surface area contributed by atoms with Gasteiger partial charge in [0.1, 0.15) is 11.5 Å². The highest BCUT2D eigenvalue weighted by Crippen LogP contribution is 2.36. The Morgan fingerprint density at radius 2 is 1.93 bits per heavy atom. The summed E-state index contributed by atoms with van der Waals surface area (Å²) in [6.45, 7) is 1.94. The van der Waals surface area contributed by atoms with Crippen molar-refractivity contribution < 1.29 is 9.18 Å². The van der Waals surface area contributed by atoms with Crippen molar-refractivity contribution in [3.63, 3.8) is 0 Å². The molecular weight excluding hydrogens is 343 g/mol. The van der Waals surface area contributed by atoms with E-state index in [0.29, 0.717) is 17.7 Å². The molecule has 6 heteroatoms. The third-order valence-corrected chi connectivity index (χ3v) is 5.87. The van der Waals surface area contributed by atoms with Gasteiger partial charge in [-0.3, -0.25) is 9.48 Å². The highest BCUT2D eigenvalue weighted by molar-refractivity contribution is 5.92. The van der Waals surface area contributed by atoms with E-state index in [9.17, 15) is 9.18 Å². The second-order valence-electron chi connectivity index (χ2n) is 7.73. The lowest BCUT2D eigenvalue weighted by Gasteiger charge is -2.25. The zero-order valence-electron chi connectivity index (χ0n) is 15.5. The monoisotopic (exact) mass is 370 g/mol. The summed E-state index contributed by atoms with van der Waals surface area (Å²) in [5.41, 5.74) is 1.42. The number of nitrogens with one attached hydrogen (secondary N) is 2. The smallest absolute Gasteiger partial charge is 0.272 e. The van der Waals surface area contributed by atoms with Crippen molar-refractivity contribution in [1.29, 1.82) is 0 Å². The molecule has 1 amide bonds. The summed E-state index contributed by atoms with van der Waals surface area (Å²) < 4.78 is 15.2. The Labute approximate surface area is 159 Å². The van der Waals surface area contributed by atoms with Gasteiger partial charge in [-0.2, -0.15) is 5.10 Å². The van der Waals surface area contributed by atoms with Crippen LogP contribution in [0.2, 0.25) is 0 Å². The van der Waals surface area contributed by atoms with Gasteiger partial charge in [0, 0.05) is 12.7 Å². The van der Waals surface area contributed by atoms with Crippen molar-refractivity contribution in [3.8, 4) is 0 Å². The van der Waals surface area contributed by atoms with Crippen molar-refractivity contribution in [2.24, 2.45) is 5.92 Å². The Morgan fingerprint density at radius 3 is 2.63 bits per heavy atom. The van der Waals surface area contributed by atoms with Crippen molar-refractivity contribution in [3.05, 3.63) is 53.6 Å². The van der Waals surface area contributed by atoms with Gasteiger partial charge < -0.3 is 10.6 Å². The maximum Gasteiger partial charge on any atom is 0.272 e. The van der Waals surface area contributed by atoms with Gasteiger partial charge in [-0.15, -0.1) is 0 Å². The molecule has 27 heavy (non-hydrogen) atoms. The van der Waals surface area contributed by atoms with Gasteiger partial charge in [-0.05, 0) is 61.9 Å². The normalized spacial score (nSPS) is 21.9. The molecule has 2 aliphatic rings. The molecule has 4 rings (SSSR count). The van der Waals surface area contributed by atoms with Crippen molar-refractivity contribution >= 4 is 5.91 Å².